The van der Waals surface area contributed by atoms with Crippen LogP contribution in [0, 0.1) is 6.92 Å². The number of carbonyl (C=O) groups excluding carboxylic acids is 3. The SMILES string of the molecule is COc1cc(C)c(/C=N\NC(=O)[C@H](Cc2ccc(O)cc2)NC(=O)[C@H](CO)NC(=O)OCc2ccccc2)cc1C(C)C. The highest BCUT2D eigenvalue weighted by Crippen LogP contribution is 2.29. The number of aromatic hydroxyl groups is 1. The van der Waals surface area contributed by atoms with Crippen molar-refractivity contribution in [2.45, 2.75) is 51.8 Å². The van der Waals surface area contributed by atoms with Crippen LogP contribution in [0.5, 0.6) is 11.5 Å². The van der Waals surface area contributed by atoms with E-state index in [1.807, 2.05) is 39.0 Å². The molecule has 228 valence electrons. The summed E-state index contributed by atoms with van der Waals surface area (Å²) in [5.74, 6) is -0.411. The summed E-state index contributed by atoms with van der Waals surface area (Å²) in [5, 5.41) is 28.4. The minimum Gasteiger partial charge on any atom is -0.508 e. The first-order chi connectivity index (χ1) is 20.6. The number of alkyl carbamates (subject to hydrolysis) is 1. The second kappa shape index (κ2) is 15.9. The Hall–Kier alpha value is -4.90. The predicted molar refractivity (Wildman–Crippen MR) is 162 cm³/mol. The molecule has 0 fully saturated rings. The van der Waals surface area contributed by atoms with Crippen molar-refractivity contribution >= 4 is 24.1 Å². The summed E-state index contributed by atoms with van der Waals surface area (Å²) in [5.41, 5.74) is 6.52. The molecular formula is C32H38N4O7. The molecule has 0 saturated carbocycles. The average Bonchev–Trinajstić information content (AvgIpc) is 3.00. The van der Waals surface area contributed by atoms with Gasteiger partial charge in [-0.05, 0) is 64.9 Å². The molecule has 0 aliphatic rings. The average molecular weight is 591 g/mol. The van der Waals surface area contributed by atoms with Gasteiger partial charge in [-0.3, -0.25) is 9.59 Å². The number of aliphatic hydroxyl groups is 1. The van der Waals surface area contributed by atoms with E-state index in [0.717, 1.165) is 28.0 Å². The normalized spacial score (nSPS) is 12.4. The summed E-state index contributed by atoms with van der Waals surface area (Å²) >= 11 is 0. The van der Waals surface area contributed by atoms with E-state index >= 15 is 0 Å². The summed E-state index contributed by atoms with van der Waals surface area (Å²) in [6.45, 7) is 5.24. The van der Waals surface area contributed by atoms with E-state index in [-0.39, 0.29) is 24.7 Å². The van der Waals surface area contributed by atoms with Crippen molar-refractivity contribution in [3.8, 4) is 11.5 Å². The third-order valence-corrected chi connectivity index (χ3v) is 6.63. The molecule has 2 atom stereocenters. The standard InChI is InChI=1S/C32H38N4O7/c1-20(2)26-16-24(21(3)14-29(26)42-4)17-33-36-31(40)27(15-22-10-12-25(38)13-11-22)34-30(39)28(18-37)35-32(41)43-19-23-8-6-5-7-9-23/h5-14,16-17,20,27-28,37-38H,15,18-19H2,1-4H3,(H,34,39)(H,35,41)(H,36,40)/b33-17-/t27-,28-/m0/s1. The van der Waals surface area contributed by atoms with E-state index in [1.165, 1.54) is 18.3 Å². The maximum Gasteiger partial charge on any atom is 0.408 e. The number of hydrazone groups is 1. The zero-order valence-corrected chi connectivity index (χ0v) is 24.7. The fourth-order valence-corrected chi connectivity index (χ4v) is 4.18. The molecule has 0 bridgehead atoms. The number of hydrogen-bond acceptors (Lipinski definition) is 8. The molecule has 0 aliphatic carbocycles. The van der Waals surface area contributed by atoms with Crippen LogP contribution >= 0.6 is 0 Å². The molecule has 3 amide bonds. The third kappa shape index (κ3) is 9.86. The van der Waals surface area contributed by atoms with Gasteiger partial charge in [0.15, 0.2) is 0 Å². The zero-order chi connectivity index (χ0) is 31.4. The van der Waals surface area contributed by atoms with Crippen LogP contribution in [0.25, 0.3) is 0 Å². The number of phenolic OH excluding ortho intramolecular Hbond substituents is 1. The van der Waals surface area contributed by atoms with Gasteiger partial charge in [-0.25, -0.2) is 10.2 Å². The Labute approximate surface area is 250 Å². The Morgan fingerprint density at radius 3 is 2.26 bits per heavy atom. The van der Waals surface area contributed by atoms with Crippen LogP contribution in [0.1, 0.15) is 47.6 Å². The molecule has 3 aromatic rings. The Bertz CT molecular complexity index is 1410. The quantitative estimate of drug-likeness (QED) is 0.151. The number of hydrogen-bond donors (Lipinski definition) is 5. The summed E-state index contributed by atoms with van der Waals surface area (Å²) in [6, 6.07) is 16.5. The van der Waals surface area contributed by atoms with Crippen molar-refractivity contribution in [3.63, 3.8) is 0 Å². The van der Waals surface area contributed by atoms with Crippen LogP contribution in [-0.4, -0.2) is 60.1 Å². The van der Waals surface area contributed by atoms with Gasteiger partial charge in [0.2, 0.25) is 5.91 Å². The van der Waals surface area contributed by atoms with Crippen molar-refractivity contribution in [1.82, 2.24) is 16.1 Å². The first-order valence-electron chi connectivity index (χ1n) is 13.8. The number of carbonyl (C=O) groups is 3. The van der Waals surface area contributed by atoms with Crippen LogP contribution in [0.15, 0.2) is 71.8 Å². The van der Waals surface area contributed by atoms with Crippen LogP contribution in [-0.2, 0) is 27.4 Å². The number of aryl methyl sites for hydroxylation is 1. The van der Waals surface area contributed by atoms with Gasteiger partial charge in [-0.15, -0.1) is 0 Å². The molecule has 3 aromatic carbocycles. The Balaban J connectivity index is 1.71. The van der Waals surface area contributed by atoms with Gasteiger partial charge < -0.3 is 30.3 Å². The van der Waals surface area contributed by atoms with Crippen molar-refractivity contribution < 1.29 is 34.1 Å². The van der Waals surface area contributed by atoms with Gasteiger partial charge >= 0.3 is 6.09 Å². The highest BCUT2D eigenvalue weighted by atomic mass is 16.5. The number of nitrogens with one attached hydrogen (secondary N) is 3. The highest BCUT2D eigenvalue weighted by Gasteiger charge is 2.27. The van der Waals surface area contributed by atoms with E-state index in [0.29, 0.717) is 5.56 Å². The van der Waals surface area contributed by atoms with Crippen LogP contribution < -0.4 is 20.8 Å². The molecular weight excluding hydrogens is 552 g/mol. The molecule has 0 aliphatic heterocycles. The van der Waals surface area contributed by atoms with Gasteiger partial charge in [0.1, 0.15) is 30.2 Å². The molecule has 11 nitrogen and oxygen atoms in total. The first-order valence-corrected chi connectivity index (χ1v) is 13.8. The first kappa shape index (κ1) is 32.6. The van der Waals surface area contributed by atoms with Gasteiger partial charge in [0.25, 0.3) is 5.91 Å². The van der Waals surface area contributed by atoms with E-state index in [4.69, 9.17) is 9.47 Å². The fraction of sp³-hybridized carbons (Fsp3) is 0.312. The van der Waals surface area contributed by atoms with Gasteiger partial charge in [-0.2, -0.15) is 5.10 Å². The number of methoxy groups -OCH3 is 1. The van der Waals surface area contributed by atoms with Gasteiger partial charge in [0, 0.05) is 6.42 Å². The molecule has 0 aromatic heterocycles. The predicted octanol–water partition coefficient (Wildman–Crippen LogP) is 3.30. The fourth-order valence-electron chi connectivity index (χ4n) is 4.18. The number of ether oxygens (including phenoxy) is 2. The minimum absolute atomic E-state index is 0.0251. The molecule has 0 unspecified atom stereocenters. The number of rotatable bonds is 13. The minimum atomic E-state index is -1.38. The number of aliphatic hydroxyl groups excluding tert-OH is 1. The molecule has 0 radical (unpaired) electrons. The van der Waals surface area contributed by atoms with Crippen molar-refractivity contribution in [1.29, 1.82) is 0 Å². The van der Waals surface area contributed by atoms with Crippen molar-refractivity contribution in [2.24, 2.45) is 5.10 Å². The van der Waals surface area contributed by atoms with E-state index in [9.17, 15) is 24.6 Å². The summed E-state index contributed by atoms with van der Waals surface area (Å²) in [4.78, 5) is 38.5. The van der Waals surface area contributed by atoms with Gasteiger partial charge in [-0.1, -0.05) is 56.3 Å². The number of nitrogens with zero attached hydrogens (tertiary/aromatic N) is 1. The Morgan fingerprint density at radius 2 is 1.63 bits per heavy atom. The lowest BCUT2D eigenvalue weighted by molar-refractivity contribution is -0.130. The number of benzene rings is 3. The second-order valence-electron chi connectivity index (χ2n) is 10.2. The topological polar surface area (TPSA) is 159 Å². The lowest BCUT2D eigenvalue weighted by atomic mass is 9.97. The summed E-state index contributed by atoms with van der Waals surface area (Å²) < 4.78 is 10.6. The summed E-state index contributed by atoms with van der Waals surface area (Å²) in [7, 11) is 1.61. The third-order valence-electron chi connectivity index (χ3n) is 6.63. The van der Waals surface area contributed by atoms with Crippen molar-refractivity contribution in [2.75, 3.05) is 13.7 Å². The molecule has 11 heteroatoms. The van der Waals surface area contributed by atoms with Crippen LogP contribution in [0.2, 0.25) is 0 Å². The highest BCUT2D eigenvalue weighted by molar-refractivity contribution is 5.92. The smallest absolute Gasteiger partial charge is 0.408 e. The number of amides is 3. The Morgan fingerprint density at radius 1 is 0.930 bits per heavy atom. The van der Waals surface area contributed by atoms with E-state index < -0.39 is 36.6 Å². The van der Waals surface area contributed by atoms with Crippen LogP contribution in [0.4, 0.5) is 4.79 Å². The molecule has 3 rings (SSSR count). The maximum absolute atomic E-state index is 13.2. The zero-order valence-electron chi connectivity index (χ0n) is 24.7. The lowest BCUT2D eigenvalue weighted by Gasteiger charge is -2.21. The molecule has 0 heterocycles. The van der Waals surface area contributed by atoms with E-state index in [1.54, 1.807) is 43.5 Å². The van der Waals surface area contributed by atoms with E-state index in [2.05, 4.69) is 21.2 Å². The molecule has 0 spiro atoms. The van der Waals surface area contributed by atoms with Gasteiger partial charge in [0.05, 0.1) is 19.9 Å². The Kier molecular flexibility index (Phi) is 12.1. The molecule has 0 saturated heterocycles. The van der Waals surface area contributed by atoms with Crippen molar-refractivity contribution in [3.05, 3.63) is 94.5 Å². The second-order valence-corrected chi connectivity index (χ2v) is 10.2. The maximum atomic E-state index is 13.2. The lowest BCUT2D eigenvalue weighted by Crippen LogP contribution is -2.55. The monoisotopic (exact) mass is 590 g/mol. The summed E-state index contributed by atoms with van der Waals surface area (Å²) in [6.07, 6.45) is 0.653. The molecule has 5 N–H and O–H groups in total. The van der Waals surface area contributed by atoms with Crippen LogP contribution in [0.3, 0.4) is 0 Å². The molecule has 43 heavy (non-hydrogen) atoms. The largest absolute Gasteiger partial charge is 0.508 e. The number of phenols is 1.